The van der Waals surface area contributed by atoms with E-state index in [1.807, 2.05) is 16.7 Å². The summed E-state index contributed by atoms with van der Waals surface area (Å²) in [4.78, 5) is 32.9. The van der Waals surface area contributed by atoms with Crippen molar-refractivity contribution in [3.8, 4) is 0 Å². The van der Waals surface area contributed by atoms with Crippen LogP contribution in [-0.4, -0.2) is 76.9 Å². The third-order valence-electron chi connectivity index (χ3n) is 8.61. The Morgan fingerprint density at radius 2 is 1.66 bits per heavy atom. The third-order valence-corrected chi connectivity index (χ3v) is 8.61. The van der Waals surface area contributed by atoms with Crippen LogP contribution in [0.2, 0.25) is 0 Å². The van der Waals surface area contributed by atoms with E-state index in [1.165, 1.54) is 18.6 Å². The molecule has 216 valence electrons. The highest BCUT2D eigenvalue weighted by atomic mass is 35.5. The van der Waals surface area contributed by atoms with Crippen molar-refractivity contribution in [2.75, 3.05) is 32.7 Å². The Morgan fingerprint density at radius 1 is 1.00 bits per heavy atom. The normalized spacial score (nSPS) is 25.9. The van der Waals surface area contributed by atoms with E-state index in [1.54, 1.807) is 0 Å². The van der Waals surface area contributed by atoms with Crippen LogP contribution in [0.4, 0.5) is 8.78 Å². The molecule has 4 atom stereocenters. The molecule has 2 amide bonds. The summed E-state index contributed by atoms with van der Waals surface area (Å²) in [5.74, 6) is -1.80. The van der Waals surface area contributed by atoms with E-state index in [-0.39, 0.29) is 60.0 Å². The number of carbonyl (C=O) groups excluding carboxylic acids is 2. The summed E-state index contributed by atoms with van der Waals surface area (Å²) in [7, 11) is 0. The zero-order chi connectivity index (χ0) is 26.2. The molecule has 3 fully saturated rings. The molecule has 1 aromatic rings. The Bertz CT molecular complexity index is 971. The van der Waals surface area contributed by atoms with Gasteiger partial charge < -0.3 is 15.5 Å². The van der Waals surface area contributed by atoms with Crippen LogP contribution in [0, 0.1) is 23.5 Å². The van der Waals surface area contributed by atoms with Crippen LogP contribution in [0.3, 0.4) is 0 Å². The molecule has 10 heteroatoms. The standard InChI is InChI=1S/C28H42F2N4O2.2ClH/c1-18-15-32(27(36)25(31)19-8-6-5-7-9-19)12-13-34(18)26(35)23-17-33(28(2,3)4)16-22(23)21-11-10-20(29)14-24(21)30;;/h10-11,14,18-19,22-23,25H,5-9,12-13,15-17,31H2,1-4H3;2*1H/t18-,22-,23+,25-;;/m0../s1. The Kier molecular flexibility index (Phi) is 11.4. The third kappa shape index (κ3) is 6.98. The van der Waals surface area contributed by atoms with Gasteiger partial charge in [0.2, 0.25) is 11.8 Å². The number of benzene rings is 1. The van der Waals surface area contributed by atoms with Crippen molar-refractivity contribution in [1.29, 1.82) is 0 Å². The highest BCUT2D eigenvalue weighted by Gasteiger charge is 2.46. The van der Waals surface area contributed by atoms with E-state index in [0.717, 1.165) is 31.7 Å². The lowest BCUT2D eigenvalue weighted by atomic mass is 9.83. The number of piperazine rings is 1. The molecule has 0 aromatic heterocycles. The Morgan fingerprint density at radius 3 is 2.24 bits per heavy atom. The van der Waals surface area contributed by atoms with Crippen molar-refractivity contribution < 1.29 is 18.4 Å². The second-order valence-electron chi connectivity index (χ2n) is 12.0. The van der Waals surface area contributed by atoms with Crippen molar-refractivity contribution in [2.24, 2.45) is 17.6 Å². The molecule has 2 heterocycles. The van der Waals surface area contributed by atoms with Crippen LogP contribution in [0.1, 0.15) is 71.3 Å². The maximum Gasteiger partial charge on any atom is 0.239 e. The molecule has 2 aliphatic heterocycles. The molecule has 0 bridgehead atoms. The van der Waals surface area contributed by atoms with Crippen LogP contribution < -0.4 is 5.73 Å². The number of rotatable bonds is 4. The molecular formula is C28H44Cl2F2N4O2. The zero-order valence-electron chi connectivity index (χ0n) is 23.0. The van der Waals surface area contributed by atoms with Gasteiger partial charge >= 0.3 is 0 Å². The number of hydrogen-bond acceptors (Lipinski definition) is 4. The summed E-state index contributed by atoms with van der Waals surface area (Å²) >= 11 is 0. The molecule has 6 nitrogen and oxygen atoms in total. The first kappa shape index (κ1) is 32.7. The van der Waals surface area contributed by atoms with Crippen molar-refractivity contribution in [3.63, 3.8) is 0 Å². The van der Waals surface area contributed by atoms with Crippen LogP contribution in [0.5, 0.6) is 0 Å². The van der Waals surface area contributed by atoms with Crippen molar-refractivity contribution in [1.82, 2.24) is 14.7 Å². The summed E-state index contributed by atoms with van der Waals surface area (Å²) in [5.41, 5.74) is 6.59. The number of carbonyl (C=O) groups is 2. The van der Waals surface area contributed by atoms with Crippen LogP contribution in [-0.2, 0) is 9.59 Å². The molecule has 0 unspecified atom stereocenters. The van der Waals surface area contributed by atoms with Gasteiger partial charge in [0.05, 0.1) is 12.0 Å². The molecule has 2 N–H and O–H groups in total. The molecule has 1 saturated carbocycles. The number of hydrogen-bond donors (Lipinski definition) is 1. The Labute approximate surface area is 238 Å². The van der Waals surface area contributed by atoms with Gasteiger partial charge in [-0.1, -0.05) is 25.3 Å². The molecule has 0 spiro atoms. The zero-order valence-corrected chi connectivity index (χ0v) is 24.6. The highest BCUT2D eigenvalue weighted by Crippen LogP contribution is 2.39. The largest absolute Gasteiger partial charge is 0.338 e. The van der Waals surface area contributed by atoms with E-state index >= 15 is 0 Å². The quantitative estimate of drug-likeness (QED) is 0.569. The molecule has 3 aliphatic rings. The second-order valence-corrected chi connectivity index (χ2v) is 12.0. The fourth-order valence-corrected chi connectivity index (χ4v) is 6.32. The smallest absolute Gasteiger partial charge is 0.239 e. The van der Waals surface area contributed by atoms with Gasteiger partial charge in [-0.25, -0.2) is 8.78 Å². The van der Waals surface area contributed by atoms with Crippen molar-refractivity contribution in [3.05, 3.63) is 35.4 Å². The fraction of sp³-hybridized carbons (Fsp3) is 0.714. The summed E-state index contributed by atoms with van der Waals surface area (Å²) in [6.45, 7) is 10.6. The monoisotopic (exact) mass is 576 g/mol. The lowest BCUT2D eigenvalue weighted by Crippen LogP contribution is -2.60. The molecule has 1 aliphatic carbocycles. The number of likely N-dealkylation sites (tertiary alicyclic amines) is 1. The predicted molar refractivity (Wildman–Crippen MR) is 151 cm³/mol. The maximum atomic E-state index is 14.8. The van der Waals surface area contributed by atoms with Gasteiger partial charge in [0.25, 0.3) is 0 Å². The first-order valence-electron chi connectivity index (χ1n) is 13.5. The minimum absolute atomic E-state index is 0. The minimum Gasteiger partial charge on any atom is -0.338 e. The Hall–Kier alpha value is -1.48. The lowest BCUT2D eigenvalue weighted by Gasteiger charge is -2.43. The first-order chi connectivity index (χ1) is 17.0. The van der Waals surface area contributed by atoms with E-state index in [4.69, 9.17) is 5.73 Å². The van der Waals surface area contributed by atoms with Crippen LogP contribution in [0.25, 0.3) is 0 Å². The van der Waals surface area contributed by atoms with Gasteiger partial charge in [-0.2, -0.15) is 0 Å². The van der Waals surface area contributed by atoms with Gasteiger partial charge in [-0.3, -0.25) is 14.5 Å². The average molecular weight is 578 g/mol. The van der Waals surface area contributed by atoms with E-state index in [2.05, 4.69) is 25.7 Å². The number of halogens is 4. The van der Waals surface area contributed by atoms with E-state index in [0.29, 0.717) is 38.3 Å². The number of amides is 2. The predicted octanol–water partition coefficient (Wildman–Crippen LogP) is 4.59. The minimum atomic E-state index is -0.620. The lowest BCUT2D eigenvalue weighted by molar-refractivity contribution is -0.146. The van der Waals surface area contributed by atoms with E-state index < -0.39 is 23.6 Å². The van der Waals surface area contributed by atoms with Gasteiger partial charge in [-0.05, 0) is 58.1 Å². The summed E-state index contributed by atoms with van der Waals surface area (Å²) in [6.07, 6.45) is 5.49. The number of nitrogens with two attached hydrogens (primary N) is 1. The molecule has 4 rings (SSSR count). The molecule has 1 aromatic carbocycles. The summed E-state index contributed by atoms with van der Waals surface area (Å²) in [6, 6.07) is 3.02. The van der Waals surface area contributed by atoms with Crippen molar-refractivity contribution >= 4 is 36.6 Å². The van der Waals surface area contributed by atoms with Gasteiger partial charge in [0, 0.05) is 56.3 Å². The first-order valence-corrected chi connectivity index (χ1v) is 13.5. The average Bonchev–Trinajstić information content (AvgIpc) is 3.29. The summed E-state index contributed by atoms with van der Waals surface area (Å²) < 4.78 is 28.4. The van der Waals surface area contributed by atoms with Crippen LogP contribution >= 0.6 is 24.8 Å². The molecular weight excluding hydrogens is 533 g/mol. The topological polar surface area (TPSA) is 69.9 Å². The SMILES string of the molecule is C[C@H]1CN(C(=O)[C@@H](N)C2CCCCC2)CCN1C(=O)[C@@H]1CN(C(C)(C)C)C[C@H]1c1ccc(F)cc1F.Cl.Cl. The second kappa shape index (κ2) is 13.2. The van der Waals surface area contributed by atoms with Crippen molar-refractivity contribution in [2.45, 2.75) is 83.3 Å². The van der Waals surface area contributed by atoms with E-state index in [9.17, 15) is 18.4 Å². The summed E-state index contributed by atoms with van der Waals surface area (Å²) in [5, 5.41) is 0. The van der Waals surface area contributed by atoms with Crippen LogP contribution in [0.15, 0.2) is 18.2 Å². The fourth-order valence-electron chi connectivity index (χ4n) is 6.32. The molecule has 2 saturated heterocycles. The maximum absolute atomic E-state index is 14.8. The number of nitrogens with zero attached hydrogens (tertiary/aromatic N) is 3. The van der Waals surface area contributed by atoms with Gasteiger partial charge in [0.1, 0.15) is 11.6 Å². The molecule has 38 heavy (non-hydrogen) atoms. The van der Waals surface area contributed by atoms with Gasteiger partial charge in [0.15, 0.2) is 0 Å². The highest BCUT2D eigenvalue weighted by molar-refractivity contribution is 5.86. The Balaban J connectivity index is 0.00000253. The van der Waals surface area contributed by atoms with Gasteiger partial charge in [-0.15, -0.1) is 24.8 Å². The molecule has 0 radical (unpaired) electrons.